The molecule has 0 aliphatic carbocycles. The van der Waals surface area contributed by atoms with Gasteiger partial charge in [-0.3, -0.25) is 4.90 Å². The lowest BCUT2D eigenvalue weighted by Crippen LogP contribution is -2.47. The molecule has 3 nitrogen and oxygen atoms in total. The zero-order chi connectivity index (χ0) is 12.6. The second-order valence-electron chi connectivity index (χ2n) is 7.01. The highest BCUT2D eigenvalue weighted by Crippen LogP contribution is 2.36. The fraction of sp³-hybridized carbons (Fsp3) is 1.00. The molecule has 3 heteroatoms. The molecule has 0 amide bonds. The van der Waals surface area contributed by atoms with Crippen LogP contribution < -0.4 is 5.73 Å². The van der Waals surface area contributed by atoms with Gasteiger partial charge in [0.05, 0.1) is 6.10 Å². The Bertz CT molecular complexity index is 247. The molecule has 0 radical (unpaired) electrons. The van der Waals surface area contributed by atoms with E-state index in [0.717, 1.165) is 25.8 Å². The third-order valence-corrected chi connectivity index (χ3v) is 4.67. The first-order valence-electron chi connectivity index (χ1n) is 7.07. The average molecular weight is 240 g/mol. The molecule has 0 saturated carbocycles. The molecular weight excluding hydrogens is 212 g/mol. The number of nitrogens with two attached hydrogens (primary N) is 1. The van der Waals surface area contributed by atoms with Crippen LogP contribution in [0.4, 0.5) is 0 Å². The van der Waals surface area contributed by atoms with Crippen LogP contribution >= 0.6 is 0 Å². The van der Waals surface area contributed by atoms with Crippen LogP contribution in [0.25, 0.3) is 0 Å². The summed E-state index contributed by atoms with van der Waals surface area (Å²) < 4.78 is 0. The number of rotatable bonds is 3. The first-order chi connectivity index (χ1) is 7.88. The van der Waals surface area contributed by atoms with E-state index < -0.39 is 0 Å². The number of fused-ring (bicyclic) bond motifs is 2. The number of hydrogen-bond donors (Lipinski definition) is 2. The van der Waals surface area contributed by atoms with Crippen molar-refractivity contribution in [1.29, 1.82) is 0 Å². The van der Waals surface area contributed by atoms with E-state index in [1.165, 1.54) is 12.8 Å². The molecule has 2 heterocycles. The molecule has 17 heavy (non-hydrogen) atoms. The van der Waals surface area contributed by atoms with Crippen LogP contribution in [0.1, 0.15) is 52.9 Å². The summed E-state index contributed by atoms with van der Waals surface area (Å²) in [5.74, 6) is 0. The monoisotopic (exact) mass is 240 g/mol. The maximum Gasteiger partial charge on any atom is 0.0570 e. The van der Waals surface area contributed by atoms with Crippen LogP contribution in [0.2, 0.25) is 0 Å². The summed E-state index contributed by atoms with van der Waals surface area (Å²) in [6.07, 6.45) is 5.51. The molecule has 0 aromatic rings. The van der Waals surface area contributed by atoms with Gasteiger partial charge in [-0.05, 0) is 37.5 Å². The molecule has 2 rings (SSSR count). The third kappa shape index (κ3) is 3.01. The summed E-state index contributed by atoms with van der Waals surface area (Å²) in [5.41, 5.74) is 6.43. The summed E-state index contributed by atoms with van der Waals surface area (Å²) in [4.78, 5) is 2.61. The summed E-state index contributed by atoms with van der Waals surface area (Å²) in [6.45, 7) is 7.76. The highest BCUT2D eigenvalue weighted by molar-refractivity contribution is 4.95. The van der Waals surface area contributed by atoms with Crippen molar-refractivity contribution in [1.82, 2.24) is 4.90 Å². The molecule has 2 aliphatic rings. The van der Waals surface area contributed by atoms with E-state index in [4.69, 9.17) is 5.73 Å². The van der Waals surface area contributed by atoms with E-state index in [-0.39, 0.29) is 17.6 Å². The lowest BCUT2D eigenvalue weighted by atomic mass is 9.85. The van der Waals surface area contributed by atoms with Gasteiger partial charge in [0.15, 0.2) is 0 Å². The van der Waals surface area contributed by atoms with Crippen molar-refractivity contribution in [3.63, 3.8) is 0 Å². The molecule has 2 bridgehead atoms. The van der Waals surface area contributed by atoms with Crippen molar-refractivity contribution in [2.24, 2.45) is 11.1 Å². The van der Waals surface area contributed by atoms with Gasteiger partial charge >= 0.3 is 0 Å². The summed E-state index contributed by atoms with van der Waals surface area (Å²) in [7, 11) is 0. The largest absolute Gasteiger partial charge is 0.393 e. The zero-order valence-electron chi connectivity index (χ0n) is 11.5. The van der Waals surface area contributed by atoms with Crippen molar-refractivity contribution < 1.29 is 5.11 Å². The predicted molar refractivity (Wildman–Crippen MR) is 70.8 cm³/mol. The van der Waals surface area contributed by atoms with E-state index in [2.05, 4.69) is 25.7 Å². The Morgan fingerprint density at radius 1 is 1.24 bits per heavy atom. The van der Waals surface area contributed by atoms with Crippen LogP contribution in [-0.4, -0.2) is 40.8 Å². The van der Waals surface area contributed by atoms with Gasteiger partial charge in [-0.1, -0.05) is 20.8 Å². The molecule has 3 unspecified atom stereocenters. The van der Waals surface area contributed by atoms with Gasteiger partial charge in [0.25, 0.3) is 0 Å². The Kier molecular flexibility index (Phi) is 3.81. The molecule has 3 atom stereocenters. The van der Waals surface area contributed by atoms with E-state index in [1.807, 2.05) is 0 Å². The average Bonchev–Trinajstić information content (AvgIpc) is 2.44. The van der Waals surface area contributed by atoms with Gasteiger partial charge in [0.1, 0.15) is 0 Å². The van der Waals surface area contributed by atoms with Gasteiger partial charge in [0, 0.05) is 24.7 Å². The van der Waals surface area contributed by atoms with Crippen molar-refractivity contribution in [3.8, 4) is 0 Å². The van der Waals surface area contributed by atoms with Crippen LogP contribution in [0.3, 0.4) is 0 Å². The maximum absolute atomic E-state index is 9.76. The molecule has 0 spiro atoms. The molecule has 0 aromatic carbocycles. The van der Waals surface area contributed by atoms with Crippen LogP contribution in [0, 0.1) is 5.41 Å². The highest BCUT2D eigenvalue weighted by Gasteiger charge is 2.40. The molecule has 100 valence electrons. The zero-order valence-corrected chi connectivity index (χ0v) is 11.5. The second kappa shape index (κ2) is 4.87. The number of hydrogen-bond acceptors (Lipinski definition) is 3. The van der Waals surface area contributed by atoms with Crippen LogP contribution in [0.15, 0.2) is 0 Å². The Labute approximate surface area is 105 Å². The minimum Gasteiger partial charge on any atom is -0.393 e. The van der Waals surface area contributed by atoms with E-state index in [9.17, 15) is 5.11 Å². The fourth-order valence-corrected chi connectivity index (χ4v) is 3.33. The third-order valence-electron chi connectivity index (χ3n) is 4.67. The van der Waals surface area contributed by atoms with Gasteiger partial charge in [-0.2, -0.15) is 0 Å². The van der Waals surface area contributed by atoms with Crippen LogP contribution in [0.5, 0.6) is 0 Å². The van der Waals surface area contributed by atoms with E-state index in [1.54, 1.807) is 0 Å². The minimum atomic E-state index is -0.0555. The predicted octanol–water partition coefficient (Wildman–Crippen LogP) is 1.74. The van der Waals surface area contributed by atoms with Crippen molar-refractivity contribution in [3.05, 3.63) is 0 Å². The molecule has 2 aliphatic heterocycles. The summed E-state index contributed by atoms with van der Waals surface area (Å²) in [5, 5.41) is 9.76. The summed E-state index contributed by atoms with van der Waals surface area (Å²) in [6, 6.07) is 1.51. The Morgan fingerprint density at radius 3 is 2.24 bits per heavy atom. The molecular formula is C14H28N2O. The minimum absolute atomic E-state index is 0.0555. The Balaban J connectivity index is 1.85. The lowest BCUT2D eigenvalue weighted by Gasteiger charge is -2.38. The standard InChI is InChI=1S/C14H28N2O/c1-14(2,3)13(15)6-7-16-10-4-5-11(16)9-12(17)8-10/h10-13,17H,4-9,15H2,1-3H3. The molecule has 0 aromatic heterocycles. The highest BCUT2D eigenvalue weighted by atomic mass is 16.3. The van der Waals surface area contributed by atoms with Gasteiger partial charge < -0.3 is 10.8 Å². The fourth-order valence-electron chi connectivity index (χ4n) is 3.33. The van der Waals surface area contributed by atoms with E-state index >= 15 is 0 Å². The number of aliphatic hydroxyl groups is 1. The Hall–Kier alpha value is -0.120. The molecule has 2 fully saturated rings. The van der Waals surface area contributed by atoms with Crippen molar-refractivity contribution in [2.45, 2.75) is 77.1 Å². The first-order valence-corrected chi connectivity index (χ1v) is 7.07. The van der Waals surface area contributed by atoms with Crippen LogP contribution in [-0.2, 0) is 0 Å². The SMILES string of the molecule is CC(C)(C)C(N)CCN1C2CCC1CC(O)C2. The second-order valence-corrected chi connectivity index (χ2v) is 7.01. The van der Waals surface area contributed by atoms with Gasteiger partial charge in [-0.25, -0.2) is 0 Å². The normalized spacial score (nSPS) is 36.2. The lowest BCUT2D eigenvalue weighted by molar-refractivity contribution is 0.0322. The summed E-state index contributed by atoms with van der Waals surface area (Å²) >= 11 is 0. The number of nitrogens with zero attached hydrogens (tertiary/aromatic N) is 1. The van der Waals surface area contributed by atoms with Crippen molar-refractivity contribution in [2.75, 3.05) is 6.54 Å². The topological polar surface area (TPSA) is 49.5 Å². The van der Waals surface area contributed by atoms with E-state index in [0.29, 0.717) is 12.1 Å². The quantitative estimate of drug-likeness (QED) is 0.790. The number of aliphatic hydroxyl groups excluding tert-OH is 1. The van der Waals surface area contributed by atoms with Gasteiger partial charge in [-0.15, -0.1) is 0 Å². The maximum atomic E-state index is 9.76. The smallest absolute Gasteiger partial charge is 0.0570 e. The Morgan fingerprint density at radius 2 is 1.76 bits per heavy atom. The van der Waals surface area contributed by atoms with Crippen molar-refractivity contribution >= 4 is 0 Å². The first kappa shape index (κ1) is 13.3. The van der Waals surface area contributed by atoms with Gasteiger partial charge in [0.2, 0.25) is 0 Å². The molecule has 2 saturated heterocycles. The number of piperidine rings is 1. The molecule has 3 N–H and O–H groups in total.